The van der Waals surface area contributed by atoms with Gasteiger partial charge < -0.3 is 107 Å². The molecule has 35 N–H and O–H groups in total. The summed E-state index contributed by atoms with van der Waals surface area (Å²) in [6, 6.07) is 22.1. The van der Waals surface area contributed by atoms with E-state index < -0.39 is 0 Å². The maximum atomic E-state index is 12.9. The average Bonchev–Trinajstić information content (AvgIpc) is 0.855. The average molecular weight is 1490 g/mol. The van der Waals surface area contributed by atoms with Crippen molar-refractivity contribution in [2.75, 3.05) is 40.9 Å². The lowest BCUT2D eigenvalue weighted by atomic mass is 9.96. The molecule has 35 heteroatoms. The molecule has 4 atom stereocenters. The molecule has 4 amide bonds. The lowest BCUT2D eigenvalue weighted by Gasteiger charge is -2.20. The van der Waals surface area contributed by atoms with Crippen molar-refractivity contribution in [2.45, 2.75) is 182 Å². The highest BCUT2D eigenvalue weighted by atomic mass is 16.2. The molecule has 588 valence electrons. The molecule has 108 heavy (non-hydrogen) atoms. The van der Waals surface area contributed by atoms with Crippen molar-refractivity contribution in [1.82, 2.24) is 16.2 Å². The van der Waals surface area contributed by atoms with Gasteiger partial charge in [-0.2, -0.15) is 15.3 Å². The number of amides is 4. The molecule has 0 saturated carbocycles. The lowest BCUT2D eigenvalue weighted by molar-refractivity contribution is -0.117. The van der Waals surface area contributed by atoms with Gasteiger partial charge in [-0.05, 0) is 163 Å². The van der Waals surface area contributed by atoms with Crippen molar-refractivity contribution in [3.63, 3.8) is 0 Å². The molecule has 0 radical (unpaired) electrons. The third-order valence-corrected chi connectivity index (χ3v) is 16.2. The molecule has 4 unspecified atom stereocenters. The first-order valence-electron chi connectivity index (χ1n) is 35.6. The van der Waals surface area contributed by atoms with Gasteiger partial charge in [0, 0.05) is 107 Å². The Bertz CT molecular complexity index is 3880. The first-order valence-corrected chi connectivity index (χ1v) is 35.6. The van der Waals surface area contributed by atoms with Crippen LogP contribution in [0.15, 0.2) is 148 Å². The van der Waals surface area contributed by atoms with Crippen molar-refractivity contribution in [2.24, 2.45) is 131 Å². The normalized spacial score (nSPS) is 12.5. The monoisotopic (exact) mass is 1490 g/mol. The second kappa shape index (κ2) is 47.9. The zero-order valence-electron chi connectivity index (χ0n) is 63.8. The number of unbranched alkanes of at least 4 members (excludes halogenated alkanes) is 10. The van der Waals surface area contributed by atoms with Crippen molar-refractivity contribution in [1.29, 1.82) is 0 Å². The van der Waals surface area contributed by atoms with E-state index in [2.05, 4.69) is 101 Å². The summed E-state index contributed by atoms with van der Waals surface area (Å²) in [5.74, 6) is -1.03. The molecule has 0 aromatic heterocycles. The quantitative estimate of drug-likeness (QED) is 0.0117. The first-order chi connectivity index (χ1) is 51.1. The zero-order valence-corrected chi connectivity index (χ0v) is 63.8. The van der Waals surface area contributed by atoms with Gasteiger partial charge in [-0.25, -0.2) is 0 Å². The zero-order chi connectivity index (χ0) is 80.4. The predicted molar refractivity (Wildman–Crippen MR) is 442 cm³/mol. The molecule has 4 aromatic carbocycles. The topological polar surface area (TPSA) is 640 Å². The molecule has 0 aliphatic heterocycles. The number of carbonyl (C=O) groups excluding carboxylic acids is 4. The van der Waals surface area contributed by atoms with E-state index in [9.17, 15) is 19.2 Å². The largest absolute Gasteiger partial charge is 0.401 e. The molecular formula is C73H117N31O4. The Kier molecular flexibility index (Phi) is 39.9. The van der Waals surface area contributed by atoms with Gasteiger partial charge in [0.15, 0.2) is 5.96 Å². The second-order valence-electron chi connectivity index (χ2n) is 26.2. The fraction of sp³-hybridized carbons (Fsp3) is 0.425. The SMILES string of the molecule is C=C(N)CN=C(C)c1cc(NC(=O)CCCCCCCCC(=O)Nc2cc(/C(C)=N/N=C(N)N)cc(/C(C)=N/N=C(N)N)c2)cc(/C(C)=N/N=C(N)N)c1.C=C(N)CNC(C)c1cc(NC(=O)CCCCCCCCC(=O)Nc2cc(C(C)CN=C(N)N)cc(C(C)NN=C(N)N)c2)cc(C(C)NN=C(N)N)c1. The number of guanidine groups is 6. The van der Waals surface area contributed by atoms with E-state index in [1.807, 2.05) is 89.2 Å². The summed E-state index contributed by atoms with van der Waals surface area (Å²) in [4.78, 5) is 60.1. The van der Waals surface area contributed by atoms with Crippen LogP contribution in [0.2, 0.25) is 0 Å². The summed E-state index contributed by atoms with van der Waals surface area (Å²) in [6.45, 7) is 23.5. The van der Waals surface area contributed by atoms with Crippen LogP contribution in [0.25, 0.3) is 0 Å². The fourth-order valence-electron chi connectivity index (χ4n) is 10.3. The third kappa shape index (κ3) is 37.9. The highest BCUT2D eigenvalue weighted by Crippen LogP contribution is 2.29. The standard InChI is InChI=1S/C37H63N15O2.C36H54N16O2/c1-22(20-46-35(39)40)27-14-29(25(4)49-51-36(41)42)18-31(16-27)47-33(53)12-10-8-6-7-9-11-13-34(54)48-32-17-28(24(3)45-21-23(2)38)15-30(19-32)26(5)50-52-37(43)44;1-21(37)20-44-22(2)26-14-27(23(3)47-50-34(38)39)17-30(16-26)45-32(53)12-10-8-6-7-9-11-13-33(54)46-31-18-28(24(4)48-51-35(40)41)15-29(19-31)25(5)49-52-36(42)43/h14-19,22,24-26,45,49-50H,2,6-13,20-21,38H2,1,3-5H3,(H,47,53)(H,48,54)(H4,39,40,46)(H4,41,42,51)(H4,43,44,52);14-19H,1,6-13,20,37H2,2-5H3,(H,45,53)(H,46,54)(H4,38,39,50)(H4,40,41,51)(H4,42,43,52)/b;44-22?,47-23+,48-24+,49-25+. The molecule has 4 aromatic rings. The second-order valence-corrected chi connectivity index (χ2v) is 26.2. The number of anilines is 4. The van der Waals surface area contributed by atoms with Crippen LogP contribution >= 0.6 is 0 Å². The van der Waals surface area contributed by atoms with Crippen LogP contribution < -0.4 is 118 Å². The first kappa shape index (κ1) is 89.9. The fourth-order valence-corrected chi connectivity index (χ4v) is 10.3. The Morgan fingerprint density at radius 1 is 0.343 bits per heavy atom. The van der Waals surface area contributed by atoms with Gasteiger partial charge in [-0.1, -0.05) is 83.6 Å². The number of nitrogens with zero attached hydrogens (tertiary/aromatic N) is 10. The number of nitrogens with two attached hydrogens (primary N) is 14. The van der Waals surface area contributed by atoms with Crippen LogP contribution in [0.1, 0.15) is 227 Å². The summed E-state index contributed by atoms with van der Waals surface area (Å²) in [7, 11) is 0. The molecule has 35 nitrogen and oxygen atoms in total. The highest BCUT2D eigenvalue weighted by molar-refractivity contribution is 6.08. The predicted octanol–water partition coefficient (Wildman–Crippen LogP) is 5.22. The van der Waals surface area contributed by atoms with Crippen LogP contribution in [-0.2, 0) is 19.2 Å². The molecule has 0 saturated heterocycles. The van der Waals surface area contributed by atoms with E-state index in [1.54, 1.807) is 39.0 Å². The van der Waals surface area contributed by atoms with Gasteiger partial charge in [0.1, 0.15) is 0 Å². The van der Waals surface area contributed by atoms with Crippen molar-refractivity contribution in [3.05, 3.63) is 142 Å². The highest BCUT2D eigenvalue weighted by Gasteiger charge is 2.18. The number of carbonyl (C=O) groups is 4. The van der Waals surface area contributed by atoms with Crippen molar-refractivity contribution in [3.8, 4) is 0 Å². The number of hydrazone groups is 2. The molecule has 0 spiro atoms. The van der Waals surface area contributed by atoms with Crippen LogP contribution in [0.4, 0.5) is 22.7 Å². The van der Waals surface area contributed by atoms with Gasteiger partial charge in [-0.15, -0.1) is 25.5 Å². The lowest BCUT2D eigenvalue weighted by Crippen LogP contribution is -2.27. The Morgan fingerprint density at radius 2 is 0.648 bits per heavy atom. The van der Waals surface area contributed by atoms with E-state index >= 15 is 0 Å². The molecule has 0 aliphatic carbocycles. The maximum Gasteiger partial charge on any atom is 0.224 e. The molecule has 0 bridgehead atoms. The van der Waals surface area contributed by atoms with Crippen LogP contribution in [0.3, 0.4) is 0 Å². The summed E-state index contributed by atoms with van der Waals surface area (Å²) < 4.78 is 0. The molecule has 0 aliphatic rings. The van der Waals surface area contributed by atoms with E-state index in [4.69, 9.17) is 80.3 Å². The van der Waals surface area contributed by atoms with Gasteiger partial charge in [-0.3, -0.25) is 40.0 Å². The Hall–Kier alpha value is -12.3. The third-order valence-electron chi connectivity index (χ3n) is 16.2. The van der Waals surface area contributed by atoms with E-state index in [-0.39, 0.29) is 90.0 Å². The van der Waals surface area contributed by atoms with Gasteiger partial charge >= 0.3 is 0 Å². The number of rotatable bonds is 44. The molecule has 4 rings (SSSR count). The smallest absolute Gasteiger partial charge is 0.224 e. The Morgan fingerprint density at radius 3 is 0.963 bits per heavy atom. The summed E-state index contributed by atoms with van der Waals surface area (Å²) >= 11 is 0. The van der Waals surface area contributed by atoms with Gasteiger partial charge in [0.05, 0.1) is 35.8 Å². The Labute approximate surface area is 633 Å². The number of benzene rings is 4. The van der Waals surface area contributed by atoms with Crippen LogP contribution in [0, 0.1) is 0 Å². The van der Waals surface area contributed by atoms with Crippen molar-refractivity contribution >= 4 is 105 Å². The number of hydrogen-bond donors (Lipinski definition) is 21. The summed E-state index contributed by atoms with van der Waals surface area (Å²) in [6.07, 6.45) is 11.8. The minimum Gasteiger partial charge on any atom is -0.401 e. The van der Waals surface area contributed by atoms with Gasteiger partial charge in [0.25, 0.3) is 0 Å². The van der Waals surface area contributed by atoms with Crippen molar-refractivity contribution < 1.29 is 19.2 Å². The number of aliphatic imine (C=N–C) groups is 2. The number of hydrogen-bond acceptors (Lipinski definition) is 19. The van der Waals surface area contributed by atoms with Crippen LogP contribution in [-0.4, -0.2) is 102 Å². The summed E-state index contributed by atoms with van der Waals surface area (Å²) in [5, 5.41) is 46.4. The maximum absolute atomic E-state index is 12.9. The van der Waals surface area contributed by atoms with Gasteiger partial charge in [0.2, 0.25) is 53.4 Å². The minimum atomic E-state index is -0.225. The van der Waals surface area contributed by atoms with E-state index in [0.29, 0.717) is 113 Å². The van der Waals surface area contributed by atoms with E-state index in [0.717, 1.165) is 104 Å². The number of nitrogens with one attached hydrogen (secondary N) is 7. The molecular weight excluding hydrogens is 1380 g/mol. The molecule has 0 fully saturated rings. The summed E-state index contributed by atoms with van der Waals surface area (Å²) in [5.41, 5.74) is 95.1. The van der Waals surface area contributed by atoms with E-state index in [1.165, 1.54) is 0 Å². The molecule has 0 heterocycles. The minimum absolute atomic E-state index is 0.00293. The Balaban J connectivity index is 0.000000560. The van der Waals surface area contributed by atoms with Crippen LogP contribution in [0.5, 0.6) is 0 Å².